The number of aromatic hydroxyl groups is 1. The minimum absolute atomic E-state index is 0.114. The number of benzene rings is 1. The lowest BCUT2D eigenvalue weighted by Gasteiger charge is -2.19. The van der Waals surface area contributed by atoms with Gasteiger partial charge in [0.1, 0.15) is 17.9 Å². The standard InChI is InChI=1S/C14H16BN3O6/c19-12(8-18-6-2-5-16-18)17-11(15(23)24)7-9-3-1-4-10(13(9)20)14(21)22/h1-6,11,20,23-24H,7-8H2,(H,17,19)(H,21,22)/t11-/m0/s1. The number of carboxylic acids is 1. The van der Waals surface area contributed by atoms with Gasteiger partial charge < -0.3 is 25.6 Å². The van der Waals surface area contributed by atoms with Gasteiger partial charge in [-0.05, 0) is 24.1 Å². The summed E-state index contributed by atoms with van der Waals surface area (Å²) < 4.78 is 1.36. The number of rotatable bonds is 7. The molecule has 0 unspecified atom stereocenters. The highest BCUT2D eigenvalue weighted by atomic mass is 16.4. The number of carboxylic acid groups (broad SMARTS) is 1. The van der Waals surface area contributed by atoms with Crippen LogP contribution in [0, 0.1) is 0 Å². The summed E-state index contributed by atoms with van der Waals surface area (Å²) in [5.41, 5.74) is -0.131. The van der Waals surface area contributed by atoms with Crippen LogP contribution in [-0.2, 0) is 17.8 Å². The predicted molar refractivity (Wildman–Crippen MR) is 83.1 cm³/mol. The SMILES string of the molecule is O=C(Cn1cccn1)N[C@@H](Cc1cccc(C(=O)O)c1O)B(O)O. The van der Waals surface area contributed by atoms with Gasteiger partial charge in [0.25, 0.3) is 0 Å². The Morgan fingerprint density at radius 3 is 2.62 bits per heavy atom. The van der Waals surface area contributed by atoms with Gasteiger partial charge in [0.15, 0.2) is 0 Å². The van der Waals surface area contributed by atoms with Gasteiger partial charge in [-0.15, -0.1) is 0 Å². The summed E-state index contributed by atoms with van der Waals surface area (Å²) in [7, 11) is -1.89. The summed E-state index contributed by atoms with van der Waals surface area (Å²) in [6.45, 7) is -0.114. The van der Waals surface area contributed by atoms with E-state index in [1.807, 2.05) is 0 Å². The zero-order chi connectivity index (χ0) is 17.7. The maximum Gasteiger partial charge on any atom is 0.475 e. The predicted octanol–water partition coefficient (Wildman–Crippen LogP) is -0.974. The molecule has 1 amide bonds. The van der Waals surface area contributed by atoms with E-state index in [1.165, 1.54) is 29.1 Å². The van der Waals surface area contributed by atoms with Crippen LogP contribution in [0.4, 0.5) is 0 Å². The van der Waals surface area contributed by atoms with Gasteiger partial charge in [-0.25, -0.2) is 4.79 Å². The van der Waals surface area contributed by atoms with Gasteiger partial charge in [-0.2, -0.15) is 5.10 Å². The average molecular weight is 333 g/mol. The molecule has 1 aromatic carbocycles. The Kier molecular flexibility index (Phi) is 5.56. The van der Waals surface area contributed by atoms with Crippen LogP contribution >= 0.6 is 0 Å². The number of carbonyl (C=O) groups is 2. The van der Waals surface area contributed by atoms with E-state index in [2.05, 4.69) is 10.4 Å². The third-order valence-corrected chi connectivity index (χ3v) is 3.36. The Balaban J connectivity index is 2.10. The van der Waals surface area contributed by atoms with Crippen molar-refractivity contribution in [2.24, 2.45) is 0 Å². The van der Waals surface area contributed by atoms with Crippen LogP contribution in [0.3, 0.4) is 0 Å². The second kappa shape index (κ2) is 7.62. The number of carbonyl (C=O) groups excluding carboxylic acids is 1. The first-order valence-corrected chi connectivity index (χ1v) is 7.05. The first-order chi connectivity index (χ1) is 11.4. The Bertz CT molecular complexity index is 719. The van der Waals surface area contributed by atoms with Crippen molar-refractivity contribution >= 4 is 19.0 Å². The number of nitrogens with one attached hydrogen (secondary N) is 1. The summed E-state index contributed by atoms with van der Waals surface area (Å²) in [4.78, 5) is 22.9. The first kappa shape index (κ1) is 17.5. The molecule has 24 heavy (non-hydrogen) atoms. The lowest BCUT2D eigenvalue weighted by atomic mass is 9.75. The van der Waals surface area contributed by atoms with Gasteiger partial charge >= 0.3 is 13.1 Å². The third-order valence-electron chi connectivity index (χ3n) is 3.36. The Morgan fingerprint density at radius 2 is 2.04 bits per heavy atom. The quantitative estimate of drug-likeness (QED) is 0.410. The van der Waals surface area contributed by atoms with E-state index in [0.717, 1.165) is 0 Å². The van der Waals surface area contributed by atoms with E-state index in [0.29, 0.717) is 0 Å². The van der Waals surface area contributed by atoms with Crippen molar-refractivity contribution in [1.82, 2.24) is 15.1 Å². The molecule has 0 aliphatic heterocycles. The molecule has 0 saturated heterocycles. The number of nitrogens with zero attached hydrogens (tertiary/aromatic N) is 2. The fourth-order valence-electron chi connectivity index (χ4n) is 2.19. The molecule has 2 rings (SSSR count). The molecule has 0 saturated carbocycles. The monoisotopic (exact) mass is 333 g/mol. The van der Waals surface area contributed by atoms with Crippen molar-refractivity contribution in [3.8, 4) is 5.75 Å². The normalized spacial score (nSPS) is 11.8. The van der Waals surface area contributed by atoms with Crippen molar-refractivity contribution in [3.63, 3.8) is 0 Å². The molecule has 0 aliphatic carbocycles. The zero-order valence-electron chi connectivity index (χ0n) is 12.5. The highest BCUT2D eigenvalue weighted by Gasteiger charge is 2.27. The molecular weight excluding hydrogens is 317 g/mol. The van der Waals surface area contributed by atoms with Crippen LogP contribution in [0.5, 0.6) is 5.75 Å². The summed E-state index contributed by atoms with van der Waals surface area (Å²) >= 11 is 0. The van der Waals surface area contributed by atoms with E-state index in [4.69, 9.17) is 5.11 Å². The Labute approximate surface area is 137 Å². The molecule has 2 aromatic rings. The summed E-state index contributed by atoms with van der Waals surface area (Å²) in [6.07, 6.45) is 2.92. The minimum atomic E-state index is -1.89. The van der Waals surface area contributed by atoms with Crippen molar-refractivity contribution in [3.05, 3.63) is 47.8 Å². The van der Waals surface area contributed by atoms with E-state index in [9.17, 15) is 24.7 Å². The van der Waals surface area contributed by atoms with E-state index < -0.39 is 30.7 Å². The van der Waals surface area contributed by atoms with Crippen LogP contribution < -0.4 is 5.32 Å². The topological polar surface area (TPSA) is 145 Å². The van der Waals surface area contributed by atoms with Crippen LogP contribution in [-0.4, -0.2) is 55.0 Å². The number of hydrogen-bond acceptors (Lipinski definition) is 6. The maximum absolute atomic E-state index is 11.9. The molecule has 1 atom stereocenters. The summed E-state index contributed by atoms with van der Waals surface area (Å²) in [5.74, 6) is -3.41. The van der Waals surface area contributed by atoms with E-state index in [1.54, 1.807) is 12.3 Å². The smallest absolute Gasteiger partial charge is 0.475 e. The molecule has 0 aliphatic rings. The number of aromatic nitrogens is 2. The number of phenols is 1. The average Bonchev–Trinajstić information content (AvgIpc) is 3.00. The van der Waals surface area contributed by atoms with Crippen molar-refractivity contribution in [1.29, 1.82) is 0 Å². The molecule has 5 N–H and O–H groups in total. The molecule has 0 radical (unpaired) electrons. The van der Waals surface area contributed by atoms with Crippen molar-refractivity contribution in [2.75, 3.05) is 0 Å². The summed E-state index contributed by atoms with van der Waals surface area (Å²) in [6, 6.07) is 5.73. The molecule has 0 fully saturated rings. The van der Waals surface area contributed by atoms with E-state index in [-0.39, 0.29) is 24.1 Å². The van der Waals surface area contributed by atoms with Gasteiger partial charge in [-0.1, -0.05) is 12.1 Å². The van der Waals surface area contributed by atoms with Crippen LogP contribution in [0.25, 0.3) is 0 Å². The fourth-order valence-corrected chi connectivity index (χ4v) is 2.19. The molecule has 0 spiro atoms. The third kappa shape index (κ3) is 4.34. The van der Waals surface area contributed by atoms with Crippen molar-refractivity contribution < 1.29 is 29.9 Å². The van der Waals surface area contributed by atoms with Crippen LogP contribution in [0.1, 0.15) is 15.9 Å². The molecular formula is C14H16BN3O6. The fraction of sp³-hybridized carbons (Fsp3) is 0.214. The van der Waals surface area contributed by atoms with Crippen LogP contribution in [0.15, 0.2) is 36.7 Å². The van der Waals surface area contributed by atoms with Crippen molar-refractivity contribution in [2.45, 2.75) is 18.9 Å². The molecule has 1 aromatic heterocycles. The largest absolute Gasteiger partial charge is 0.507 e. The maximum atomic E-state index is 11.9. The highest BCUT2D eigenvalue weighted by molar-refractivity contribution is 6.43. The van der Waals surface area contributed by atoms with Gasteiger partial charge in [-0.3, -0.25) is 9.48 Å². The second-order valence-electron chi connectivity index (χ2n) is 5.11. The van der Waals surface area contributed by atoms with Gasteiger partial charge in [0.2, 0.25) is 5.91 Å². The molecule has 1 heterocycles. The number of hydrogen-bond donors (Lipinski definition) is 5. The summed E-state index contributed by atoms with van der Waals surface area (Å²) in [5, 5.41) is 44.1. The second-order valence-corrected chi connectivity index (χ2v) is 5.11. The molecule has 126 valence electrons. The minimum Gasteiger partial charge on any atom is -0.507 e. The first-order valence-electron chi connectivity index (χ1n) is 7.05. The Hall–Kier alpha value is -2.85. The Morgan fingerprint density at radius 1 is 1.29 bits per heavy atom. The molecule has 10 heteroatoms. The number of para-hydroxylation sites is 1. The molecule has 0 bridgehead atoms. The van der Waals surface area contributed by atoms with E-state index >= 15 is 0 Å². The van der Waals surface area contributed by atoms with Gasteiger partial charge in [0.05, 0.1) is 5.94 Å². The lowest BCUT2D eigenvalue weighted by Crippen LogP contribution is -2.48. The van der Waals surface area contributed by atoms with Crippen LogP contribution in [0.2, 0.25) is 0 Å². The number of amides is 1. The number of aromatic carboxylic acids is 1. The lowest BCUT2D eigenvalue weighted by molar-refractivity contribution is -0.122. The highest BCUT2D eigenvalue weighted by Crippen LogP contribution is 2.23. The zero-order valence-corrected chi connectivity index (χ0v) is 12.5. The van der Waals surface area contributed by atoms with Gasteiger partial charge in [0, 0.05) is 12.4 Å². The molecule has 9 nitrogen and oxygen atoms in total.